The Morgan fingerprint density at radius 1 is 0.935 bits per heavy atom. The maximum Gasteiger partial charge on any atom is 0.267 e. The Hall–Kier alpha value is -3.78. The number of nitrogens with zero attached hydrogens (tertiary/aromatic N) is 5. The van der Waals surface area contributed by atoms with E-state index in [0.717, 1.165) is 15.4 Å². The number of aromatic hydroxyl groups is 1. The summed E-state index contributed by atoms with van der Waals surface area (Å²) in [6.07, 6.45) is 0. The quantitative estimate of drug-likeness (QED) is 0.338. The van der Waals surface area contributed by atoms with Crippen LogP contribution in [0, 0.1) is 0 Å². The van der Waals surface area contributed by atoms with Crippen molar-refractivity contribution in [3.63, 3.8) is 0 Å². The van der Waals surface area contributed by atoms with E-state index < -0.39 is 0 Å². The van der Waals surface area contributed by atoms with Gasteiger partial charge in [-0.15, -0.1) is 10.2 Å². The van der Waals surface area contributed by atoms with Gasteiger partial charge in [-0.2, -0.15) is 0 Å². The minimum absolute atomic E-state index is 0.0220. The van der Waals surface area contributed by atoms with Crippen LogP contribution in [0.25, 0.3) is 27.5 Å². The molecule has 7 nitrogen and oxygen atoms in total. The lowest BCUT2D eigenvalue weighted by molar-refractivity contribution is 0.436. The molecule has 0 radical (unpaired) electrons. The normalized spacial score (nSPS) is 11.7. The molecule has 0 aliphatic rings. The van der Waals surface area contributed by atoms with Crippen LogP contribution >= 0.6 is 15.9 Å². The van der Waals surface area contributed by atoms with Crippen molar-refractivity contribution < 1.29 is 5.11 Å². The van der Waals surface area contributed by atoms with Crippen molar-refractivity contribution in [3.8, 4) is 11.6 Å². The zero-order chi connectivity index (χ0) is 21.5. The van der Waals surface area contributed by atoms with Crippen LogP contribution < -0.4 is 5.56 Å². The first-order chi connectivity index (χ1) is 15.0. The van der Waals surface area contributed by atoms with E-state index in [-0.39, 0.29) is 17.4 Å². The number of fused-ring (bicyclic) bond motifs is 2. The maximum atomic E-state index is 13.3. The predicted molar refractivity (Wildman–Crippen MR) is 124 cm³/mol. The predicted octanol–water partition coefficient (Wildman–Crippen LogP) is 5.76. The Morgan fingerprint density at radius 2 is 1.68 bits per heavy atom. The van der Waals surface area contributed by atoms with Gasteiger partial charge in [0.25, 0.3) is 11.5 Å². The van der Waals surface area contributed by atoms with Crippen LogP contribution in [0.1, 0.15) is 0 Å². The third kappa shape index (κ3) is 3.21. The first kappa shape index (κ1) is 19.2. The summed E-state index contributed by atoms with van der Waals surface area (Å²) in [5, 5.41) is 20.4. The summed E-state index contributed by atoms with van der Waals surface area (Å²) in [7, 11) is 1.75. The molecule has 0 bridgehead atoms. The molecule has 0 aliphatic carbocycles. The maximum absolute atomic E-state index is 13.3. The Morgan fingerprint density at radius 3 is 2.48 bits per heavy atom. The van der Waals surface area contributed by atoms with Gasteiger partial charge in [-0.3, -0.25) is 4.79 Å². The summed E-state index contributed by atoms with van der Waals surface area (Å²) in [6.45, 7) is 0. The molecule has 31 heavy (non-hydrogen) atoms. The van der Waals surface area contributed by atoms with Gasteiger partial charge in [0.1, 0.15) is 0 Å². The zero-order valence-electron chi connectivity index (χ0n) is 16.4. The number of para-hydroxylation sites is 2. The van der Waals surface area contributed by atoms with Gasteiger partial charge < -0.3 is 9.67 Å². The van der Waals surface area contributed by atoms with Gasteiger partial charge in [-0.1, -0.05) is 46.3 Å². The molecule has 2 heterocycles. The summed E-state index contributed by atoms with van der Waals surface area (Å²) in [6, 6.07) is 21.9. The lowest BCUT2D eigenvalue weighted by atomic mass is 10.2. The fraction of sp³-hybridized carbons (Fsp3) is 0.0435. The number of azo groups is 1. The van der Waals surface area contributed by atoms with Crippen molar-refractivity contribution in [1.82, 2.24) is 14.1 Å². The molecule has 0 atom stereocenters. The van der Waals surface area contributed by atoms with Crippen molar-refractivity contribution in [1.29, 1.82) is 0 Å². The second kappa shape index (κ2) is 7.48. The van der Waals surface area contributed by atoms with Gasteiger partial charge in [-0.25, -0.2) is 9.55 Å². The van der Waals surface area contributed by atoms with Crippen molar-refractivity contribution in [3.05, 3.63) is 87.6 Å². The molecule has 5 aromatic rings. The molecule has 152 valence electrons. The van der Waals surface area contributed by atoms with Gasteiger partial charge in [0.2, 0.25) is 5.88 Å². The summed E-state index contributed by atoms with van der Waals surface area (Å²) in [5.41, 5.74) is 2.03. The SMILES string of the molecule is Cn1c(O)c(N=Nc2nc3ccccc3c(=O)n2-c2ccccc2)c2cc(Br)ccc21. The minimum atomic E-state index is -0.240. The van der Waals surface area contributed by atoms with E-state index >= 15 is 0 Å². The molecule has 0 amide bonds. The van der Waals surface area contributed by atoms with Crippen LogP contribution in [0.3, 0.4) is 0 Å². The molecule has 5 rings (SSSR count). The van der Waals surface area contributed by atoms with E-state index in [0.29, 0.717) is 22.3 Å². The van der Waals surface area contributed by atoms with E-state index in [1.165, 1.54) is 4.57 Å². The van der Waals surface area contributed by atoms with Crippen LogP contribution in [-0.2, 0) is 7.05 Å². The number of hydrogen-bond acceptors (Lipinski definition) is 5. The molecule has 3 aromatic carbocycles. The van der Waals surface area contributed by atoms with Crippen LogP contribution in [0.5, 0.6) is 5.88 Å². The standard InChI is InChI=1S/C23H16BrN5O2/c1-28-19-12-11-14(24)13-17(19)20(22(28)31)26-27-23-25-18-10-6-5-9-16(18)21(30)29(23)15-7-3-2-4-8-15/h2-13,31H,1H3. The van der Waals surface area contributed by atoms with E-state index in [4.69, 9.17) is 0 Å². The van der Waals surface area contributed by atoms with E-state index in [1.54, 1.807) is 29.8 Å². The number of aryl methyl sites for hydroxylation is 1. The zero-order valence-corrected chi connectivity index (χ0v) is 18.0. The van der Waals surface area contributed by atoms with Crippen LogP contribution in [0.4, 0.5) is 11.6 Å². The first-order valence-electron chi connectivity index (χ1n) is 9.50. The summed E-state index contributed by atoms with van der Waals surface area (Å²) in [4.78, 5) is 17.8. The molecule has 0 spiro atoms. The monoisotopic (exact) mass is 473 g/mol. The topological polar surface area (TPSA) is 84.8 Å². The Bertz CT molecular complexity index is 1540. The summed E-state index contributed by atoms with van der Waals surface area (Å²) >= 11 is 3.45. The van der Waals surface area contributed by atoms with Gasteiger partial charge in [0.15, 0.2) is 5.69 Å². The number of halogens is 1. The minimum Gasteiger partial charge on any atom is -0.493 e. The average Bonchev–Trinajstić information content (AvgIpc) is 3.02. The number of rotatable bonds is 3. The van der Waals surface area contributed by atoms with Gasteiger partial charge in [0, 0.05) is 16.9 Å². The molecule has 0 saturated carbocycles. The van der Waals surface area contributed by atoms with Gasteiger partial charge in [-0.05, 0) is 42.5 Å². The largest absolute Gasteiger partial charge is 0.493 e. The molecular formula is C23H16BrN5O2. The van der Waals surface area contributed by atoms with Crippen molar-refractivity contribution in [2.24, 2.45) is 17.3 Å². The van der Waals surface area contributed by atoms with Crippen molar-refractivity contribution in [2.75, 3.05) is 0 Å². The molecule has 2 aromatic heterocycles. The van der Waals surface area contributed by atoms with Crippen LogP contribution in [0.15, 0.2) is 92.3 Å². The Labute approximate surface area is 185 Å². The lowest BCUT2D eigenvalue weighted by Gasteiger charge is -2.09. The van der Waals surface area contributed by atoms with Gasteiger partial charge >= 0.3 is 0 Å². The second-order valence-corrected chi connectivity index (χ2v) is 7.91. The number of hydrogen-bond donors (Lipinski definition) is 1. The number of aromatic nitrogens is 3. The molecule has 0 saturated heterocycles. The third-order valence-corrected chi connectivity index (χ3v) is 5.61. The van der Waals surface area contributed by atoms with Gasteiger partial charge in [0.05, 0.1) is 22.1 Å². The fourth-order valence-corrected chi connectivity index (χ4v) is 3.94. The highest BCUT2D eigenvalue weighted by molar-refractivity contribution is 9.10. The average molecular weight is 474 g/mol. The molecule has 0 unspecified atom stereocenters. The molecule has 0 aliphatic heterocycles. The summed E-state index contributed by atoms with van der Waals surface area (Å²) < 4.78 is 3.91. The molecular weight excluding hydrogens is 458 g/mol. The highest BCUT2D eigenvalue weighted by Gasteiger charge is 2.16. The smallest absolute Gasteiger partial charge is 0.267 e. The molecule has 0 fully saturated rings. The lowest BCUT2D eigenvalue weighted by Crippen LogP contribution is -2.19. The van der Waals surface area contributed by atoms with Crippen molar-refractivity contribution >= 4 is 49.4 Å². The number of benzene rings is 3. The fourth-order valence-electron chi connectivity index (χ4n) is 3.57. The third-order valence-electron chi connectivity index (χ3n) is 5.12. The Balaban J connectivity index is 1.76. The van der Waals surface area contributed by atoms with Crippen molar-refractivity contribution in [2.45, 2.75) is 0 Å². The highest BCUT2D eigenvalue weighted by Crippen LogP contribution is 2.39. The highest BCUT2D eigenvalue weighted by atomic mass is 79.9. The molecule has 8 heteroatoms. The van der Waals surface area contributed by atoms with E-state index in [1.807, 2.05) is 54.6 Å². The van der Waals surface area contributed by atoms with Crippen LogP contribution in [0.2, 0.25) is 0 Å². The van der Waals surface area contributed by atoms with E-state index in [9.17, 15) is 9.90 Å². The first-order valence-corrected chi connectivity index (χ1v) is 10.3. The molecule has 1 N–H and O–H groups in total. The Kier molecular flexibility index (Phi) is 4.63. The van der Waals surface area contributed by atoms with E-state index in [2.05, 4.69) is 31.1 Å². The second-order valence-electron chi connectivity index (χ2n) is 7.00. The van der Waals surface area contributed by atoms with Crippen LogP contribution in [-0.4, -0.2) is 19.2 Å². The summed E-state index contributed by atoms with van der Waals surface area (Å²) in [5.74, 6) is 0.104.